The van der Waals surface area contributed by atoms with Gasteiger partial charge in [-0.2, -0.15) is 5.11 Å². The third kappa shape index (κ3) is 1.81. The van der Waals surface area contributed by atoms with Gasteiger partial charge in [-0.15, -0.1) is 5.11 Å². The van der Waals surface area contributed by atoms with E-state index in [1.807, 2.05) is 12.1 Å². The number of benzene rings is 1. The lowest BCUT2D eigenvalue weighted by Crippen LogP contribution is -2.19. The highest BCUT2D eigenvalue weighted by molar-refractivity contribution is 5.86. The Hall–Kier alpha value is -1.75. The molecule has 0 radical (unpaired) electrons. The van der Waals surface area contributed by atoms with Crippen LogP contribution in [-0.2, 0) is 9.53 Å². The summed E-state index contributed by atoms with van der Waals surface area (Å²) in [7, 11) is 3.11. The second-order valence-corrected chi connectivity index (χ2v) is 3.43. The molecule has 1 aliphatic heterocycles. The van der Waals surface area contributed by atoms with Gasteiger partial charge >= 0.3 is 0 Å². The number of methoxy groups -OCH3 is 2. The monoisotopic (exact) mass is 220 g/mol. The number of rotatable bonds is 3. The van der Waals surface area contributed by atoms with Crippen LogP contribution in [0.25, 0.3) is 0 Å². The molecule has 0 fully saturated rings. The average molecular weight is 220 g/mol. The van der Waals surface area contributed by atoms with Crippen LogP contribution in [0.3, 0.4) is 0 Å². The molecule has 0 aliphatic carbocycles. The molecule has 1 amide bonds. The zero-order valence-corrected chi connectivity index (χ0v) is 9.08. The van der Waals surface area contributed by atoms with E-state index in [2.05, 4.69) is 10.2 Å². The van der Waals surface area contributed by atoms with E-state index < -0.39 is 12.1 Å². The molecule has 1 heterocycles. The van der Waals surface area contributed by atoms with Crippen LogP contribution in [0.1, 0.15) is 11.5 Å². The Morgan fingerprint density at radius 1 is 1.19 bits per heavy atom. The third-order valence-corrected chi connectivity index (χ3v) is 2.54. The predicted octanol–water partition coefficient (Wildman–Crippen LogP) is 1.74. The van der Waals surface area contributed by atoms with Crippen molar-refractivity contribution in [2.24, 2.45) is 10.2 Å². The fourth-order valence-electron chi connectivity index (χ4n) is 1.67. The quantitative estimate of drug-likeness (QED) is 0.779. The second kappa shape index (κ2) is 4.40. The van der Waals surface area contributed by atoms with Crippen molar-refractivity contribution in [3.8, 4) is 5.75 Å². The molecule has 84 valence electrons. The largest absolute Gasteiger partial charge is 0.497 e. The van der Waals surface area contributed by atoms with Crippen LogP contribution < -0.4 is 4.74 Å². The van der Waals surface area contributed by atoms with Gasteiger partial charge in [-0.25, -0.2) is 0 Å². The molecule has 0 aromatic heterocycles. The van der Waals surface area contributed by atoms with Crippen molar-refractivity contribution in [2.45, 2.75) is 12.1 Å². The molecule has 2 unspecified atom stereocenters. The van der Waals surface area contributed by atoms with Gasteiger partial charge in [-0.3, -0.25) is 4.79 Å². The molecule has 5 heteroatoms. The maximum Gasteiger partial charge on any atom is 0.276 e. The number of nitrogens with zero attached hydrogens (tertiary/aromatic N) is 2. The van der Waals surface area contributed by atoms with E-state index in [0.717, 1.165) is 11.3 Å². The summed E-state index contributed by atoms with van der Waals surface area (Å²) in [5, 5.41) is 7.28. The van der Waals surface area contributed by atoms with Crippen molar-refractivity contribution in [3.63, 3.8) is 0 Å². The van der Waals surface area contributed by atoms with Gasteiger partial charge < -0.3 is 9.47 Å². The van der Waals surface area contributed by atoms with Gasteiger partial charge in [0.2, 0.25) is 0 Å². The highest BCUT2D eigenvalue weighted by atomic mass is 16.5. The molecule has 0 bridgehead atoms. The average Bonchev–Trinajstić information content (AvgIpc) is 2.70. The molecule has 2 rings (SSSR count). The minimum absolute atomic E-state index is 0.267. The minimum atomic E-state index is -0.513. The van der Waals surface area contributed by atoms with Crippen LogP contribution in [0, 0.1) is 0 Å². The Morgan fingerprint density at radius 2 is 1.88 bits per heavy atom. The molecular formula is C11H12N2O3. The molecule has 1 aliphatic rings. The highest BCUT2D eigenvalue weighted by Gasteiger charge is 2.35. The van der Waals surface area contributed by atoms with Gasteiger partial charge in [0.25, 0.3) is 5.91 Å². The van der Waals surface area contributed by atoms with E-state index in [4.69, 9.17) is 9.47 Å². The molecular weight excluding hydrogens is 208 g/mol. The maximum atomic E-state index is 11.5. The van der Waals surface area contributed by atoms with E-state index in [-0.39, 0.29) is 5.91 Å². The topological polar surface area (TPSA) is 60.2 Å². The van der Waals surface area contributed by atoms with E-state index in [1.165, 1.54) is 7.11 Å². The van der Waals surface area contributed by atoms with Crippen molar-refractivity contribution >= 4 is 5.91 Å². The number of azo groups is 1. The lowest BCUT2D eigenvalue weighted by Gasteiger charge is -2.13. The zero-order valence-electron chi connectivity index (χ0n) is 9.08. The van der Waals surface area contributed by atoms with Crippen molar-refractivity contribution in [1.29, 1.82) is 0 Å². The molecule has 0 saturated heterocycles. The summed E-state index contributed by atoms with van der Waals surface area (Å²) in [6.07, 6.45) is -0.513. The fraction of sp³-hybridized carbons (Fsp3) is 0.364. The molecule has 0 spiro atoms. The normalized spacial score (nSPS) is 23.8. The SMILES string of the molecule is COc1ccc(C2C(=O)N=NC2OC)cc1. The van der Waals surface area contributed by atoms with Crippen LogP contribution in [0.15, 0.2) is 34.5 Å². The first kappa shape index (κ1) is 10.8. The van der Waals surface area contributed by atoms with Crippen molar-refractivity contribution in [2.75, 3.05) is 14.2 Å². The Morgan fingerprint density at radius 3 is 2.44 bits per heavy atom. The Balaban J connectivity index is 2.26. The first-order chi connectivity index (χ1) is 7.76. The lowest BCUT2D eigenvalue weighted by atomic mass is 9.97. The van der Waals surface area contributed by atoms with E-state index in [0.29, 0.717) is 0 Å². The summed E-state index contributed by atoms with van der Waals surface area (Å²) in [5.74, 6) is 0.0463. The maximum absolute atomic E-state index is 11.5. The van der Waals surface area contributed by atoms with Crippen LogP contribution in [0.4, 0.5) is 0 Å². The second-order valence-electron chi connectivity index (χ2n) is 3.43. The van der Waals surface area contributed by atoms with Gasteiger partial charge in [0.05, 0.1) is 7.11 Å². The van der Waals surface area contributed by atoms with Gasteiger partial charge in [0, 0.05) is 7.11 Å². The molecule has 1 aromatic carbocycles. The fourth-order valence-corrected chi connectivity index (χ4v) is 1.67. The third-order valence-electron chi connectivity index (χ3n) is 2.54. The lowest BCUT2D eigenvalue weighted by molar-refractivity contribution is -0.119. The number of amides is 1. The highest BCUT2D eigenvalue weighted by Crippen LogP contribution is 2.30. The Kier molecular flexibility index (Phi) is 2.96. The van der Waals surface area contributed by atoms with Crippen molar-refractivity contribution in [1.82, 2.24) is 0 Å². The van der Waals surface area contributed by atoms with E-state index >= 15 is 0 Å². The van der Waals surface area contributed by atoms with Crippen molar-refractivity contribution < 1.29 is 14.3 Å². The van der Waals surface area contributed by atoms with Crippen LogP contribution in [0.2, 0.25) is 0 Å². The number of ether oxygens (including phenoxy) is 2. The van der Waals surface area contributed by atoms with E-state index in [9.17, 15) is 4.79 Å². The molecule has 0 saturated carbocycles. The first-order valence-electron chi connectivity index (χ1n) is 4.87. The van der Waals surface area contributed by atoms with Gasteiger partial charge in [0.1, 0.15) is 11.7 Å². The Labute approximate surface area is 93.1 Å². The summed E-state index contributed by atoms with van der Waals surface area (Å²) in [5.41, 5.74) is 0.836. The van der Waals surface area contributed by atoms with Gasteiger partial charge in [-0.1, -0.05) is 12.1 Å². The molecule has 0 N–H and O–H groups in total. The Bertz CT molecular complexity index is 414. The summed E-state index contributed by atoms with van der Waals surface area (Å²) >= 11 is 0. The minimum Gasteiger partial charge on any atom is -0.497 e. The predicted molar refractivity (Wildman–Crippen MR) is 56.4 cm³/mol. The van der Waals surface area contributed by atoms with Crippen LogP contribution >= 0.6 is 0 Å². The van der Waals surface area contributed by atoms with Gasteiger partial charge in [-0.05, 0) is 17.7 Å². The van der Waals surface area contributed by atoms with Crippen molar-refractivity contribution in [3.05, 3.63) is 29.8 Å². The molecule has 5 nitrogen and oxygen atoms in total. The van der Waals surface area contributed by atoms with Crippen LogP contribution in [-0.4, -0.2) is 26.4 Å². The number of carbonyl (C=O) groups is 1. The number of hydrogen-bond acceptors (Lipinski definition) is 4. The smallest absolute Gasteiger partial charge is 0.276 e. The first-order valence-corrected chi connectivity index (χ1v) is 4.87. The summed E-state index contributed by atoms with van der Waals surface area (Å²) < 4.78 is 10.1. The molecule has 1 aromatic rings. The molecule has 16 heavy (non-hydrogen) atoms. The standard InChI is InChI=1S/C11H12N2O3/c1-15-8-5-3-7(4-6-8)9-10(14)12-13-11(9)16-2/h3-6,9,11H,1-2H3. The van der Waals surface area contributed by atoms with Crippen LogP contribution in [0.5, 0.6) is 5.75 Å². The summed E-state index contributed by atoms with van der Waals surface area (Å²) in [6.45, 7) is 0. The number of carbonyl (C=O) groups excluding carboxylic acids is 1. The zero-order chi connectivity index (χ0) is 11.5. The summed E-state index contributed by atoms with van der Waals surface area (Å²) in [4.78, 5) is 11.5. The number of hydrogen-bond donors (Lipinski definition) is 0. The molecule has 2 atom stereocenters. The van der Waals surface area contributed by atoms with E-state index in [1.54, 1.807) is 19.2 Å². The summed E-state index contributed by atoms with van der Waals surface area (Å²) in [6, 6.07) is 7.24. The van der Waals surface area contributed by atoms with Gasteiger partial charge in [0.15, 0.2) is 6.23 Å².